The van der Waals surface area contributed by atoms with E-state index in [0.29, 0.717) is 0 Å². The van der Waals surface area contributed by atoms with Crippen LogP contribution in [0.4, 0.5) is 5.13 Å². The van der Waals surface area contributed by atoms with Crippen LogP contribution in [0.1, 0.15) is 42.7 Å². The highest BCUT2D eigenvalue weighted by Crippen LogP contribution is 2.50. The average molecular weight is 238 g/mol. The van der Waals surface area contributed by atoms with Gasteiger partial charge in [0.2, 0.25) is 0 Å². The summed E-state index contributed by atoms with van der Waals surface area (Å²) in [6.07, 6.45) is 5.72. The molecule has 3 nitrogen and oxygen atoms in total. The van der Waals surface area contributed by atoms with E-state index in [1.54, 1.807) is 11.3 Å². The lowest BCUT2D eigenvalue weighted by atomic mass is 10.1. The molecule has 2 heterocycles. The van der Waals surface area contributed by atoms with Crippen molar-refractivity contribution in [2.24, 2.45) is 0 Å². The molecular formula is C12H18N2OS. The molecule has 0 radical (unpaired) electrons. The summed E-state index contributed by atoms with van der Waals surface area (Å²) < 4.78 is 0. The minimum Gasteiger partial charge on any atom is -0.384 e. The van der Waals surface area contributed by atoms with Gasteiger partial charge in [0.15, 0.2) is 5.13 Å². The van der Waals surface area contributed by atoms with Gasteiger partial charge in [-0.3, -0.25) is 0 Å². The Morgan fingerprint density at radius 3 is 2.56 bits per heavy atom. The average Bonchev–Trinajstić information content (AvgIpc) is 2.91. The maximum Gasteiger partial charge on any atom is 0.185 e. The number of nitrogens with zero attached hydrogens (tertiary/aromatic N) is 2. The van der Waals surface area contributed by atoms with E-state index in [-0.39, 0.29) is 0 Å². The van der Waals surface area contributed by atoms with Gasteiger partial charge >= 0.3 is 0 Å². The van der Waals surface area contributed by atoms with Crippen LogP contribution in [0, 0.1) is 6.92 Å². The van der Waals surface area contributed by atoms with E-state index >= 15 is 0 Å². The van der Waals surface area contributed by atoms with Gasteiger partial charge in [-0.05, 0) is 39.0 Å². The third-order valence-electron chi connectivity index (χ3n) is 3.56. The number of thiazole rings is 1. The molecule has 2 fully saturated rings. The molecule has 4 heteroatoms. The molecule has 1 aliphatic carbocycles. The normalized spacial score (nSPS) is 23.5. The number of anilines is 1. The van der Waals surface area contributed by atoms with Gasteiger partial charge in [-0.2, -0.15) is 0 Å². The van der Waals surface area contributed by atoms with E-state index < -0.39 is 5.60 Å². The third kappa shape index (κ3) is 1.74. The molecule has 1 N–H and O–H groups in total. The number of aliphatic hydroxyl groups is 1. The molecule has 2 aliphatic rings. The van der Waals surface area contributed by atoms with Crippen molar-refractivity contribution in [3.05, 3.63) is 10.6 Å². The minimum atomic E-state index is -0.518. The smallest absolute Gasteiger partial charge is 0.185 e. The predicted molar refractivity (Wildman–Crippen MR) is 66.0 cm³/mol. The maximum atomic E-state index is 10.1. The Morgan fingerprint density at radius 1 is 1.25 bits per heavy atom. The Labute approximate surface area is 100 Å². The quantitative estimate of drug-likeness (QED) is 0.859. The van der Waals surface area contributed by atoms with Gasteiger partial charge < -0.3 is 10.0 Å². The second-order valence-electron chi connectivity index (χ2n) is 4.99. The SMILES string of the molecule is Cc1nc(N2CCCCC2)sc1C1(O)CC1. The van der Waals surface area contributed by atoms with E-state index in [9.17, 15) is 5.11 Å². The fourth-order valence-electron chi connectivity index (χ4n) is 2.38. The van der Waals surface area contributed by atoms with Crippen molar-refractivity contribution >= 4 is 16.5 Å². The van der Waals surface area contributed by atoms with Crippen molar-refractivity contribution in [2.75, 3.05) is 18.0 Å². The van der Waals surface area contributed by atoms with Gasteiger partial charge in [0.1, 0.15) is 5.60 Å². The molecule has 0 unspecified atom stereocenters. The standard InChI is InChI=1S/C12H18N2OS/c1-9-10(12(15)5-6-12)16-11(13-9)14-7-3-2-4-8-14/h15H,2-8H2,1H3. The van der Waals surface area contributed by atoms with Crippen molar-refractivity contribution in [2.45, 2.75) is 44.6 Å². The van der Waals surface area contributed by atoms with E-state index in [0.717, 1.165) is 41.6 Å². The summed E-state index contributed by atoms with van der Waals surface area (Å²) in [6.45, 7) is 4.28. The van der Waals surface area contributed by atoms with E-state index in [2.05, 4.69) is 9.88 Å². The summed E-state index contributed by atoms with van der Waals surface area (Å²) >= 11 is 1.70. The lowest BCUT2D eigenvalue weighted by molar-refractivity contribution is 0.154. The number of aromatic nitrogens is 1. The van der Waals surface area contributed by atoms with Crippen LogP contribution in [0.15, 0.2) is 0 Å². The first-order chi connectivity index (χ1) is 7.69. The van der Waals surface area contributed by atoms with Crippen LogP contribution in [0.25, 0.3) is 0 Å². The molecule has 0 atom stereocenters. The Hall–Kier alpha value is -0.610. The van der Waals surface area contributed by atoms with Gasteiger partial charge in [0.05, 0.1) is 10.6 Å². The maximum absolute atomic E-state index is 10.1. The molecular weight excluding hydrogens is 220 g/mol. The molecule has 0 bridgehead atoms. The molecule has 1 saturated heterocycles. The lowest BCUT2D eigenvalue weighted by Crippen LogP contribution is -2.29. The fourth-order valence-corrected chi connectivity index (χ4v) is 3.64. The van der Waals surface area contributed by atoms with Crippen molar-refractivity contribution < 1.29 is 5.11 Å². The Bertz CT molecular complexity index is 392. The summed E-state index contributed by atoms with van der Waals surface area (Å²) in [6, 6.07) is 0. The number of hydrogen-bond donors (Lipinski definition) is 1. The van der Waals surface area contributed by atoms with Gasteiger partial charge in [-0.1, -0.05) is 11.3 Å². The predicted octanol–water partition coefficient (Wildman–Crippen LogP) is 2.42. The topological polar surface area (TPSA) is 36.4 Å². The molecule has 0 aromatic carbocycles. The molecule has 16 heavy (non-hydrogen) atoms. The first kappa shape index (κ1) is 10.5. The summed E-state index contributed by atoms with van der Waals surface area (Å²) in [5, 5.41) is 11.3. The lowest BCUT2D eigenvalue weighted by Gasteiger charge is -2.25. The Kier molecular flexibility index (Phi) is 2.44. The third-order valence-corrected chi connectivity index (χ3v) is 4.97. The zero-order valence-electron chi connectivity index (χ0n) is 9.70. The van der Waals surface area contributed by atoms with E-state index in [1.807, 2.05) is 6.92 Å². The van der Waals surface area contributed by atoms with E-state index in [1.165, 1.54) is 19.3 Å². The van der Waals surface area contributed by atoms with Crippen LogP contribution in [0.5, 0.6) is 0 Å². The second-order valence-corrected chi connectivity index (χ2v) is 5.97. The van der Waals surface area contributed by atoms with Gasteiger partial charge in [0.25, 0.3) is 0 Å². The van der Waals surface area contributed by atoms with Gasteiger partial charge in [-0.15, -0.1) is 0 Å². The highest BCUT2D eigenvalue weighted by molar-refractivity contribution is 7.15. The number of rotatable bonds is 2. The van der Waals surface area contributed by atoms with Crippen LogP contribution in [-0.2, 0) is 5.60 Å². The fraction of sp³-hybridized carbons (Fsp3) is 0.750. The molecule has 1 saturated carbocycles. The van der Waals surface area contributed by atoms with Crippen molar-refractivity contribution in [1.82, 2.24) is 4.98 Å². The number of piperidine rings is 1. The molecule has 1 aromatic heterocycles. The number of aryl methyl sites for hydroxylation is 1. The molecule has 0 amide bonds. The molecule has 1 aromatic rings. The largest absolute Gasteiger partial charge is 0.384 e. The summed E-state index contributed by atoms with van der Waals surface area (Å²) in [5.41, 5.74) is 0.515. The summed E-state index contributed by atoms with van der Waals surface area (Å²) in [4.78, 5) is 8.10. The van der Waals surface area contributed by atoms with Gasteiger partial charge in [0, 0.05) is 13.1 Å². The monoisotopic (exact) mass is 238 g/mol. The zero-order chi connectivity index (χ0) is 11.2. The Morgan fingerprint density at radius 2 is 1.94 bits per heavy atom. The molecule has 3 rings (SSSR count). The Balaban J connectivity index is 1.85. The second kappa shape index (κ2) is 3.70. The number of hydrogen-bond acceptors (Lipinski definition) is 4. The van der Waals surface area contributed by atoms with Crippen molar-refractivity contribution in [3.8, 4) is 0 Å². The van der Waals surface area contributed by atoms with Crippen LogP contribution >= 0.6 is 11.3 Å². The van der Waals surface area contributed by atoms with Crippen LogP contribution < -0.4 is 4.90 Å². The van der Waals surface area contributed by atoms with E-state index in [4.69, 9.17) is 0 Å². The zero-order valence-corrected chi connectivity index (χ0v) is 10.5. The van der Waals surface area contributed by atoms with Crippen molar-refractivity contribution in [3.63, 3.8) is 0 Å². The van der Waals surface area contributed by atoms with Crippen LogP contribution in [0.2, 0.25) is 0 Å². The molecule has 0 spiro atoms. The minimum absolute atomic E-state index is 0.518. The summed E-state index contributed by atoms with van der Waals surface area (Å²) in [7, 11) is 0. The van der Waals surface area contributed by atoms with Crippen molar-refractivity contribution in [1.29, 1.82) is 0 Å². The highest BCUT2D eigenvalue weighted by atomic mass is 32.1. The van der Waals surface area contributed by atoms with Crippen LogP contribution in [-0.4, -0.2) is 23.2 Å². The summed E-state index contributed by atoms with van der Waals surface area (Å²) in [5.74, 6) is 0. The first-order valence-corrected chi connectivity index (χ1v) is 6.96. The highest BCUT2D eigenvalue weighted by Gasteiger charge is 2.45. The van der Waals surface area contributed by atoms with Gasteiger partial charge in [-0.25, -0.2) is 4.98 Å². The van der Waals surface area contributed by atoms with Crippen LogP contribution in [0.3, 0.4) is 0 Å². The molecule has 88 valence electrons. The first-order valence-electron chi connectivity index (χ1n) is 6.14. The molecule has 1 aliphatic heterocycles.